The van der Waals surface area contributed by atoms with Crippen LogP contribution in [-0.2, 0) is 0 Å². The minimum atomic E-state index is 0.862. The number of nitrogens with zero attached hydrogens (tertiary/aromatic N) is 1. The zero-order valence-corrected chi connectivity index (χ0v) is 23.9. The van der Waals surface area contributed by atoms with Crippen LogP contribution in [0.25, 0.3) is 54.6 Å². The maximum atomic E-state index is 6.73. The standard InChI is InChI=1S/C42H27NO/c1-3-12-28(13-4-1)33-24-25-40-42-37(33)20-11-21-38(42)36-23-22-31(27-41(36)44-40)43(30-15-5-2-6-16-30)39-26-29-14-7-8-17-32(29)34-18-9-10-19-35(34)39/h1-27H. The second-order valence-electron chi connectivity index (χ2n) is 11.3. The van der Waals surface area contributed by atoms with Crippen molar-refractivity contribution in [3.8, 4) is 33.8 Å². The van der Waals surface area contributed by atoms with Gasteiger partial charge in [-0.15, -0.1) is 0 Å². The predicted molar refractivity (Wildman–Crippen MR) is 185 cm³/mol. The quantitative estimate of drug-likeness (QED) is 0.198. The normalized spacial score (nSPS) is 11.8. The Balaban J connectivity index is 1.25. The topological polar surface area (TPSA) is 12.5 Å². The highest BCUT2D eigenvalue weighted by Gasteiger charge is 2.24. The fourth-order valence-corrected chi connectivity index (χ4v) is 6.85. The molecule has 0 saturated heterocycles. The van der Waals surface area contributed by atoms with Gasteiger partial charge in [-0.3, -0.25) is 0 Å². The van der Waals surface area contributed by atoms with Gasteiger partial charge in [0.15, 0.2) is 0 Å². The summed E-state index contributed by atoms with van der Waals surface area (Å²) in [7, 11) is 0. The average molecular weight is 562 g/mol. The van der Waals surface area contributed by atoms with E-state index in [1.165, 1.54) is 43.6 Å². The summed E-state index contributed by atoms with van der Waals surface area (Å²) in [4.78, 5) is 2.35. The molecule has 0 spiro atoms. The minimum Gasteiger partial charge on any atom is -0.456 e. The van der Waals surface area contributed by atoms with Crippen LogP contribution in [-0.4, -0.2) is 0 Å². The molecular weight excluding hydrogens is 534 g/mol. The summed E-state index contributed by atoms with van der Waals surface area (Å²) in [5, 5.41) is 7.28. The Morgan fingerprint density at radius 3 is 1.91 bits per heavy atom. The van der Waals surface area contributed by atoms with Crippen molar-refractivity contribution in [3.63, 3.8) is 0 Å². The molecule has 1 heterocycles. The predicted octanol–water partition coefficient (Wildman–Crippen LogP) is 12.1. The van der Waals surface area contributed by atoms with Gasteiger partial charge in [0.05, 0.1) is 5.69 Å². The number of hydrogen-bond donors (Lipinski definition) is 0. The van der Waals surface area contributed by atoms with Crippen molar-refractivity contribution < 1.29 is 4.74 Å². The molecule has 1 aliphatic rings. The van der Waals surface area contributed by atoms with E-state index in [0.29, 0.717) is 0 Å². The van der Waals surface area contributed by atoms with Crippen LogP contribution < -0.4 is 9.64 Å². The molecule has 8 aromatic rings. The summed E-state index contributed by atoms with van der Waals surface area (Å²) < 4.78 is 6.73. The van der Waals surface area contributed by atoms with E-state index in [1.807, 2.05) is 0 Å². The molecule has 0 fully saturated rings. The largest absolute Gasteiger partial charge is 0.456 e. The molecular formula is C42H27NO. The van der Waals surface area contributed by atoms with Crippen LogP contribution in [0.2, 0.25) is 0 Å². The third-order valence-electron chi connectivity index (χ3n) is 8.82. The highest BCUT2D eigenvalue weighted by Crippen LogP contribution is 2.51. The van der Waals surface area contributed by atoms with Gasteiger partial charge in [-0.25, -0.2) is 0 Å². The first kappa shape index (κ1) is 24.7. The molecule has 2 heteroatoms. The van der Waals surface area contributed by atoms with Gasteiger partial charge in [-0.2, -0.15) is 0 Å². The van der Waals surface area contributed by atoms with Crippen LogP contribution in [0.4, 0.5) is 17.1 Å². The lowest BCUT2D eigenvalue weighted by Crippen LogP contribution is -2.11. The van der Waals surface area contributed by atoms with Crippen molar-refractivity contribution in [2.75, 3.05) is 4.90 Å². The molecule has 9 rings (SSSR count). The van der Waals surface area contributed by atoms with Gasteiger partial charge in [0.2, 0.25) is 0 Å². The number of anilines is 3. The molecule has 0 atom stereocenters. The Labute approximate surface area is 256 Å². The van der Waals surface area contributed by atoms with E-state index in [-0.39, 0.29) is 0 Å². The number of fused-ring (bicyclic) bond motifs is 5. The Kier molecular flexibility index (Phi) is 5.54. The third kappa shape index (κ3) is 3.82. The number of rotatable bonds is 4. The van der Waals surface area contributed by atoms with Crippen LogP contribution in [0.5, 0.6) is 11.5 Å². The van der Waals surface area contributed by atoms with Gasteiger partial charge in [-0.05, 0) is 74.6 Å². The van der Waals surface area contributed by atoms with Gasteiger partial charge in [0.1, 0.15) is 11.5 Å². The van der Waals surface area contributed by atoms with Crippen LogP contribution in [0.1, 0.15) is 0 Å². The van der Waals surface area contributed by atoms with E-state index in [2.05, 4.69) is 169 Å². The van der Waals surface area contributed by atoms with Crippen molar-refractivity contribution in [1.82, 2.24) is 0 Å². The molecule has 0 radical (unpaired) electrons. The Bertz CT molecular complexity index is 2360. The summed E-state index contributed by atoms with van der Waals surface area (Å²) >= 11 is 0. The number of benzene rings is 8. The highest BCUT2D eigenvalue weighted by molar-refractivity contribution is 6.15. The second-order valence-corrected chi connectivity index (χ2v) is 11.3. The molecule has 1 aliphatic heterocycles. The minimum absolute atomic E-state index is 0.862. The molecule has 2 nitrogen and oxygen atoms in total. The van der Waals surface area contributed by atoms with Crippen molar-refractivity contribution in [3.05, 3.63) is 164 Å². The zero-order valence-electron chi connectivity index (χ0n) is 23.9. The summed E-state index contributed by atoms with van der Waals surface area (Å²) in [6, 6.07) is 58.4. The van der Waals surface area contributed by atoms with Crippen molar-refractivity contribution in [2.24, 2.45) is 0 Å². The van der Waals surface area contributed by atoms with Gasteiger partial charge in [0.25, 0.3) is 0 Å². The second kappa shape index (κ2) is 9.86. The maximum Gasteiger partial charge on any atom is 0.137 e. The fourth-order valence-electron chi connectivity index (χ4n) is 6.85. The molecule has 206 valence electrons. The summed E-state index contributed by atoms with van der Waals surface area (Å²) in [5.74, 6) is 1.75. The van der Waals surface area contributed by atoms with Crippen LogP contribution in [0.3, 0.4) is 0 Å². The molecule has 0 saturated carbocycles. The molecule has 0 unspecified atom stereocenters. The molecule has 0 N–H and O–H groups in total. The smallest absolute Gasteiger partial charge is 0.137 e. The summed E-state index contributed by atoms with van der Waals surface area (Å²) in [6.07, 6.45) is 0. The van der Waals surface area contributed by atoms with E-state index in [1.54, 1.807) is 0 Å². The van der Waals surface area contributed by atoms with Crippen molar-refractivity contribution >= 4 is 49.4 Å². The Hall–Kier alpha value is -5.86. The summed E-state index contributed by atoms with van der Waals surface area (Å²) in [6.45, 7) is 0. The molecule has 0 bridgehead atoms. The molecule has 8 aromatic carbocycles. The third-order valence-corrected chi connectivity index (χ3v) is 8.82. The van der Waals surface area contributed by atoms with E-state index < -0.39 is 0 Å². The number of para-hydroxylation sites is 1. The number of hydrogen-bond acceptors (Lipinski definition) is 2. The fraction of sp³-hybridized carbons (Fsp3) is 0. The van der Waals surface area contributed by atoms with Gasteiger partial charge in [0, 0.05) is 33.8 Å². The van der Waals surface area contributed by atoms with Crippen LogP contribution in [0, 0.1) is 0 Å². The van der Waals surface area contributed by atoms with Crippen LogP contribution >= 0.6 is 0 Å². The highest BCUT2D eigenvalue weighted by atomic mass is 16.5. The van der Waals surface area contributed by atoms with Gasteiger partial charge in [-0.1, -0.05) is 121 Å². The summed E-state index contributed by atoms with van der Waals surface area (Å²) in [5.41, 5.74) is 8.01. The maximum absolute atomic E-state index is 6.73. The van der Waals surface area contributed by atoms with Crippen LogP contribution in [0.15, 0.2) is 164 Å². The Morgan fingerprint density at radius 2 is 1.07 bits per heavy atom. The average Bonchev–Trinajstić information content (AvgIpc) is 3.09. The number of ether oxygens (including phenoxy) is 1. The van der Waals surface area contributed by atoms with E-state index >= 15 is 0 Å². The zero-order chi connectivity index (χ0) is 29.0. The first-order valence-electron chi connectivity index (χ1n) is 15.0. The molecule has 0 aromatic heterocycles. The molecule has 0 aliphatic carbocycles. The lowest BCUT2D eigenvalue weighted by molar-refractivity contribution is 0.487. The van der Waals surface area contributed by atoms with Crippen molar-refractivity contribution in [2.45, 2.75) is 0 Å². The lowest BCUT2D eigenvalue weighted by Gasteiger charge is -2.29. The first-order valence-corrected chi connectivity index (χ1v) is 15.0. The van der Waals surface area contributed by atoms with E-state index in [0.717, 1.165) is 39.5 Å². The first-order chi connectivity index (χ1) is 21.8. The van der Waals surface area contributed by atoms with Gasteiger partial charge < -0.3 is 9.64 Å². The molecule has 44 heavy (non-hydrogen) atoms. The van der Waals surface area contributed by atoms with E-state index in [9.17, 15) is 0 Å². The SMILES string of the molecule is c1ccc(-c2ccc3c4c(cccc24)-c2ccc(N(c4ccccc4)c4cc5ccccc5c5ccccc45)cc2O3)cc1. The van der Waals surface area contributed by atoms with Gasteiger partial charge >= 0.3 is 0 Å². The lowest BCUT2D eigenvalue weighted by atomic mass is 9.90. The molecule has 0 amide bonds. The Morgan fingerprint density at radius 1 is 0.386 bits per heavy atom. The monoisotopic (exact) mass is 561 g/mol. The van der Waals surface area contributed by atoms with Crippen molar-refractivity contribution in [1.29, 1.82) is 0 Å². The van der Waals surface area contributed by atoms with E-state index in [4.69, 9.17) is 4.74 Å².